The van der Waals surface area contributed by atoms with E-state index in [1.807, 2.05) is 36.5 Å². The zero-order chi connectivity index (χ0) is 29.1. The van der Waals surface area contributed by atoms with Gasteiger partial charge in [0.1, 0.15) is 0 Å². The summed E-state index contributed by atoms with van der Waals surface area (Å²) < 4.78 is 5.50. The van der Waals surface area contributed by atoms with Crippen LogP contribution < -0.4 is 10.1 Å². The van der Waals surface area contributed by atoms with Crippen molar-refractivity contribution in [3.63, 3.8) is 0 Å². The van der Waals surface area contributed by atoms with Crippen molar-refractivity contribution in [3.8, 4) is 5.88 Å². The zero-order valence-corrected chi connectivity index (χ0v) is 24.6. The largest absolute Gasteiger partial charge is 0.416 e. The van der Waals surface area contributed by atoms with Crippen molar-refractivity contribution in [1.82, 2.24) is 24.7 Å². The molecular formula is C33H42N6O3. The number of ether oxygens (including phenoxy) is 1. The van der Waals surface area contributed by atoms with E-state index in [1.54, 1.807) is 23.2 Å². The fourth-order valence-electron chi connectivity index (χ4n) is 5.81. The predicted octanol–water partition coefficient (Wildman–Crippen LogP) is 5.24. The molecule has 9 nitrogen and oxygen atoms in total. The molecule has 9 heteroatoms. The molecule has 0 bridgehead atoms. The van der Waals surface area contributed by atoms with Crippen LogP contribution in [0.4, 0.5) is 10.5 Å². The second-order valence-corrected chi connectivity index (χ2v) is 11.2. The van der Waals surface area contributed by atoms with Crippen molar-refractivity contribution >= 4 is 17.7 Å². The normalized spacial score (nSPS) is 18.0. The molecule has 2 saturated heterocycles. The van der Waals surface area contributed by atoms with Gasteiger partial charge in [-0.1, -0.05) is 31.5 Å². The average molecular weight is 571 g/mol. The molecule has 2 fully saturated rings. The number of amides is 2. The summed E-state index contributed by atoms with van der Waals surface area (Å²) in [5, 5.41) is 2.88. The fourth-order valence-corrected chi connectivity index (χ4v) is 5.81. The third-order valence-corrected chi connectivity index (χ3v) is 8.30. The van der Waals surface area contributed by atoms with E-state index in [2.05, 4.69) is 38.1 Å². The molecule has 1 unspecified atom stereocenters. The van der Waals surface area contributed by atoms with Crippen molar-refractivity contribution in [2.75, 3.05) is 44.6 Å². The number of anilines is 1. The van der Waals surface area contributed by atoms with Crippen LogP contribution in [-0.4, -0.2) is 82.0 Å². The van der Waals surface area contributed by atoms with Crippen LogP contribution in [0.5, 0.6) is 5.88 Å². The SMILES string of the molecule is CCC1CCCCN1Cc1ccc(C(=O)Nc2ccc(OC(=O)N3CCN(CCCc4cccnc4)CC3)nc2)cc1. The van der Waals surface area contributed by atoms with E-state index in [-0.39, 0.29) is 11.8 Å². The van der Waals surface area contributed by atoms with Gasteiger partial charge in [-0.25, -0.2) is 9.78 Å². The molecule has 1 atom stereocenters. The lowest BCUT2D eigenvalue weighted by Crippen LogP contribution is -2.49. The Bertz CT molecular complexity index is 1280. The van der Waals surface area contributed by atoms with Gasteiger partial charge in [-0.15, -0.1) is 0 Å². The number of carbonyl (C=O) groups is 2. The molecule has 0 spiro atoms. The molecule has 0 saturated carbocycles. The maximum atomic E-state index is 12.8. The summed E-state index contributed by atoms with van der Waals surface area (Å²) in [5.41, 5.74) is 3.61. The predicted molar refractivity (Wildman–Crippen MR) is 164 cm³/mol. The highest BCUT2D eigenvalue weighted by Gasteiger charge is 2.23. The summed E-state index contributed by atoms with van der Waals surface area (Å²) in [4.78, 5) is 40.5. The van der Waals surface area contributed by atoms with Crippen molar-refractivity contribution in [1.29, 1.82) is 0 Å². The number of piperazine rings is 1. The van der Waals surface area contributed by atoms with E-state index in [1.165, 1.54) is 43.0 Å². The van der Waals surface area contributed by atoms with Gasteiger partial charge in [0, 0.05) is 62.8 Å². The molecule has 5 rings (SSSR count). The van der Waals surface area contributed by atoms with Crippen LogP contribution in [-0.2, 0) is 13.0 Å². The molecule has 2 aliphatic rings. The molecule has 1 aromatic carbocycles. The van der Waals surface area contributed by atoms with E-state index in [4.69, 9.17) is 4.74 Å². The first kappa shape index (κ1) is 29.7. The Morgan fingerprint density at radius 2 is 1.79 bits per heavy atom. The highest BCUT2D eigenvalue weighted by Crippen LogP contribution is 2.22. The Morgan fingerprint density at radius 3 is 2.50 bits per heavy atom. The number of carbonyl (C=O) groups excluding carboxylic acids is 2. The smallest absolute Gasteiger partial charge is 0.391 e. The van der Waals surface area contributed by atoms with Gasteiger partial charge in [0.05, 0.1) is 11.9 Å². The maximum absolute atomic E-state index is 12.8. The Hall–Kier alpha value is -3.82. The molecule has 42 heavy (non-hydrogen) atoms. The molecule has 0 aliphatic carbocycles. The van der Waals surface area contributed by atoms with Gasteiger partial charge >= 0.3 is 6.09 Å². The van der Waals surface area contributed by atoms with Crippen molar-refractivity contribution < 1.29 is 14.3 Å². The molecule has 4 heterocycles. The number of nitrogens with zero attached hydrogens (tertiary/aromatic N) is 5. The quantitative estimate of drug-likeness (QED) is 0.356. The van der Waals surface area contributed by atoms with E-state index >= 15 is 0 Å². The summed E-state index contributed by atoms with van der Waals surface area (Å²) in [5.74, 6) is 0.0140. The van der Waals surface area contributed by atoms with Gasteiger partial charge in [0.15, 0.2) is 0 Å². The number of aryl methyl sites for hydroxylation is 1. The number of aromatic nitrogens is 2. The molecule has 0 radical (unpaired) electrons. The number of hydrogen-bond donors (Lipinski definition) is 1. The monoisotopic (exact) mass is 570 g/mol. The minimum atomic E-state index is -0.399. The topological polar surface area (TPSA) is 90.9 Å². The molecule has 2 aromatic heterocycles. The second-order valence-electron chi connectivity index (χ2n) is 11.2. The lowest BCUT2D eigenvalue weighted by atomic mass is 9.99. The Morgan fingerprint density at radius 1 is 0.952 bits per heavy atom. The molecule has 2 amide bonds. The highest BCUT2D eigenvalue weighted by molar-refractivity contribution is 6.04. The van der Waals surface area contributed by atoms with Crippen molar-refractivity contribution in [2.24, 2.45) is 0 Å². The minimum Gasteiger partial charge on any atom is -0.391 e. The molecule has 3 aromatic rings. The summed E-state index contributed by atoms with van der Waals surface area (Å²) in [6, 6.07) is 15.9. The van der Waals surface area contributed by atoms with Gasteiger partial charge in [-0.2, -0.15) is 0 Å². The third-order valence-electron chi connectivity index (χ3n) is 8.30. The third kappa shape index (κ3) is 8.36. The summed E-state index contributed by atoms with van der Waals surface area (Å²) in [6.07, 6.45) is 11.9. The van der Waals surface area contributed by atoms with Crippen LogP contribution in [0.2, 0.25) is 0 Å². The maximum Gasteiger partial charge on any atom is 0.416 e. The van der Waals surface area contributed by atoms with E-state index < -0.39 is 6.09 Å². The van der Waals surface area contributed by atoms with Crippen LogP contribution in [0.3, 0.4) is 0 Å². The Kier molecular flexibility index (Phi) is 10.5. The number of hydrogen-bond acceptors (Lipinski definition) is 7. The number of rotatable bonds is 10. The lowest BCUT2D eigenvalue weighted by Gasteiger charge is -2.35. The van der Waals surface area contributed by atoms with Crippen LogP contribution >= 0.6 is 0 Å². The Labute approximate surface area is 248 Å². The first-order chi connectivity index (χ1) is 20.6. The molecule has 222 valence electrons. The second kappa shape index (κ2) is 14.9. The van der Waals surface area contributed by atoms with E-state index in [0.717, 1.165) is 45.6 Å². The van der Waals surface area contributed by atoms with Crippen LogP contribution in [0.15, 0.2) is 67.1 Å². The first-order valence-electron chi connectivity index (χ1n) is 15.3. The summed E-state index contributed by atoms with van der Waals surface area (Å²) >= 11 is 0. The fraction of sp³-hybridized carbons (Fsp3) is 0.455. The number of benzene rings is 1. The first-order valence-corrected chi connectivity index (χ1v) is 15.3. The van der Waals surface area contributed by atoms with Crippen molar-refractivity contribution in [2.45, 2.75) is 58.0 Å². The van der Waals surface area contributed by atoms with E-state index in [9.17, 15) is 9.59 Å². The van der Waals surface area contributed by atoms with Crippen LogP contribution in [0.1, 0.15) is 60.5 Å². The van der Waals surface area contributed by atoms with Crippen LogP contribution in [0.25, 0.3) is 0 Å². The summed E-state index contributed by atoms with van der Waals surface area (Å²) in [6.45, 7) is 8.20. The minimum absolute atomic E-state index is 0.198. The number of piperidine rings is 1. The van der Waals surface area contributed by atoms with Crippen LogP contribution in [0, 0.1) is 0 Å². The van der Waals surface area contributed by atoms with Gasteiger partial charge in [-0.05, 0) is 80.6 Å². The molecule has 1 N–H and O–H groups in total. The summed E-state index contributed by atoms with van der Waals surface area (Å²) in [7, 11) is 0. The molecular weight excluding hydrogens is 528 g/mol. The number of nitrogens with one attached hydrogen (secondary N) is 1. The lowest BCUT2D eigenvalue weighted by molar-refractivity contribution is 0.102. The van der Waals surface area contributed by atoms with Gasteiger partial charge in [-0.3, -0.25) is 19.6 Å². The average Bonchev–Trinajstić information content (AvgIpc) is 3.03. The van der Waals surface area contributed by atoms with Gasteiger partial charge in [0.25, 0.3) is 5.91 Å². The zero-order valence-electron chi connectivity index (χ0n) is 24.6. The van der Waals surface area contributed by atoms with Gasteiger partial charge < -0.3 is 15.0 Å². The van der Waals surface area contributed by atoms with Crippen molar-refractivity contribution in [3.05, 3.63) is 83.8 Å². The number of likely N-dealkylation sites (tertiary alicyclic amines) is 1. The number of pyridine rings is 2. The molecule has 2 aliphatic heterocycles. The Balaban J connectivity index is 1.03. The highest BCUT2D eigenvalue weighted by atomic mass is 16.6. The van der Waals surface area contributed by atoms with E-state index in [0.29, 0.717) is 30.4 Å². The standard InChI is InChI=1S/C33H42N6O3/c1-2-30-9-3-4-18-39(30)25-27-10-12-28(13-11-27)32(40)36-29-14-15-31(35-24-29)42-33(41)38-21-19-37(20-22-38)17-6-8-26-7-5-16-34-23-26/h5,7,10-16,23-24,30H,2-4,6,8-9,17-22,25H2,1H3,(H,36,40). The van der Waals surface area contributed by atoms with Gasteiger partial charge in [0.2, 0.25) is 5.88 Å².